The van der Waals surface area contributed by atoms with Crippen LogP contribution in [0, 0.1) is 22.7 Å². The number of esters is 2. The maximum absolute atomic E-state index is 11.6. The molecular weight excluding hydrogens is 452 g/mol. The molecule has 4 aliphatic carbocycles. The van der Waals surface area contributed by atoms with Gasteiger partial charge in [-0.15, -0.1) is 0 Å². The van der Waals surface area contributed by atoms with E-state index in [1.165, 1.54) is 64.9 Å². The third-order valence-corrected chi connectivity index (χ3v) is 9.64. The summed E-state index contributed by atoms with van der Waals surface area (Å²) in [4.78, 5) is 23.2. The van der Waals surface area contributed by atoms with Crippen molar-refractivity contribution in [1.29, 1.82) is 0 Å². The highest BCUT2D eigenvalue weighted by Crippen LogP contribution is 2.70. The van der Waals surface area contributed by atoms with E-state index in [1.807, 2.05) is 0 Å². The molecule has 1 N–H and O–H groups in total. The first kappa shape index (κ1) is 23.5. The number of hydrogen-bond donors (Lipinski definition) is 1. The van der Waals surface area contributed by atoms with Gasteiger partial charge in [-0.1, -0.05) is 36.6 Å². The van der Waals surface area contributed by atoms with E-state index in [1.54, 1.807) is 0 Å². The van der Waals surface area contributed by atoms with Gasteiger partial charge < -0.3 is 14.6 Å². The van der Waals surface area contributed by atoms with Crippen molar-refractivity contribution in [2.75, 3.05) is 0 Å². The summed E-state index contributed by atoms with van der Waals surface area (Å²) in [5.41, 5.74) is 1.60. The van der Waals surface area contributed by atoms with Crippen LogP contribution >= 0.6 is 0 Å². The Kier molecular flexibility index (Phi) is 6.94. The minimum atomic E-state index is -2.35. The predicted molar refractivity (Wildman–Crippen MR) is 141 cm³/mol. The van der Waals surface area contributed by atoms with Crippen molar-refractivity contribution in [2.45, 2.75) is 136 Å². The fourth-order valence-electron chi connectivity index (χ4n) is 8.10. The van der Waals surface area contributed by atoms with Crippen LogP contribution in [0.5, 0.6) is 0 Å². The van der Waals surface area contributed by atoms with Crippen molar-refractivity contribution >= 4 is 11.9 Å². The highest BCUT2D eigenvalue weighted by molar-refractivity contribution is 5.67. The first-order valence-corrected chi connectivity index (χ1v) is 14.1. The Bertz CT molecular complexity index is 967. The summed E-state index contributed by atoms with van der Waals surface area (Å²) in [6.07, 6.45) is 16.3. The van der Waals surface area contributed by atoms with Gasteiger partial charge in [0.25, 0.3) is 0 Å². The van der Waals surface area contributed by atoms with E-state index in [-0.39, 0.29) is 29.6 Å². The fourth-order valence-corrected chi connectivity index (χ4v) is 8.10. The Balaban J connectivity index is 1.45. The Hall–Kier alpha value is -1.62. The highest BCUT2D eigenvalue weighted by Gasteiger charge is 2.60. The van der Waals surface area contributed by atoms with Crippen molar-refractivity contribution < 1.29 is 28.3 Å². The summed E-state index contributed by atoms with van der Waals surface area (Å²) in [6.45, 7) is 4.43. The summed E-state index contributed by atoms with van der Waals surface area (Å²) < 4.78 is 34.0. The topological polar surface area (TPSA) is 72.8 Å². The molecule has 0 spiro atoms. The molecule has 36 heavy (non-hydrogen) atoms. The van der Waals surface area contributed by atoms with Gasteiger partial charge in [0.05, 0.1) is 5.60 Å². The molecule has 0 aromatic heterocycles. The molecule has 0 bridgehead atoms. The lowest BCUT2D eigenvalue weighted by atomic mass is 9.59. The summed E-state index contributed by atoms with van der Waals surface area (Å²) >= 11 is 0. The van der Waals surface area contributed by atoms with E-state index < -0.39 is 12.5 Å². The van der Waals surface area contributed by atoms with E-state index in [4.69, 9.17) is 13.6 Å². The summed E-state index contributed by atoms with van der Waals surface area (Å²) in [5.74, 6) is 0.572. The molecule has 0 saturated heterocycles. The van der Waals surface area contributed by atoms with Crippen LogP contribution in [-0.2, 0) is 19.1 Å². The molecule has 0 aromatic carbocycles. The maximum atomic E-state index is 11.6. The zero-order valence-electron chi connectivity index (χ0n) is 25.7. The lowest BCUT2D eigenvalue weighted by Gasteiger charge is -2.45. The maximum Gasteiger partial charge on any atom is 0.302 e. The van der Waals surface area contributed by atoms with E-state index in [0.29, 0.717) is 42.9 Å². The number of allylic oxidation sites excluding steroid dienone is 3. The number of hydrogen-bond acceptors (Lipinski definition) is 5. The van der Waals surface area contributed by atoms with Gasteiger partial charge in [0, 0.05) is 37.2 Å². The number of rotatable bonds is 8. The average Bonchev–Trinajstić information content (AvgIpc) is 3.48. The molecule has 0 heterocycles. The Morgan fingerprint density at radius 3 is 2.36 bits per heavy atom. The van der Waals surface area contributed by atoms with Gasteiger partial charge in [0.15, 0.2) is 0 Å². The van der Waals surface area contributed by atoms with E-state index >= 15 is 0 Å². The van der Waals surface area contributed by atoms with Gasteiger partial charge in [-0.2, -0.15) is 0 Å². The predicted octanol–water partition coefficient (Wildman–Crippen LogP) is 6.82. The van der Waals surface area contributed by atoms with Gasteiger partial charge >= 0.3 is 11.9 Å². The number of carbonyl (C=O) groups excluding carboxylic acids is 2. The van der Waals surface area contributed by atoms with E-state index in [0.717, 1.165) is 24.8 Å². The summed E-state index contributed by atoms with van der Waals surface area (Å²) in [6, 6.07) is 0. The van der Waals surface area contributed by atoms with Gasteiger partial charge in [0.2, 0.25) is 0 Å². The molecule has 4 aliphatic rings. The Morgan fingerprint density at radius 1 is 1.11 bits per heavy atom. The first-order valence-electron chi connectivity index (χ1n) is 15.6. The average molecular weight is 504 g/mol. The minimum Gasteiger partial charge on any atom is -0.462 e. The molecule has 2 unspecified atom stereocenters. The van der Waals surface area contributed by atoms with Gasteiger partial charge in [-0.3, -0.25) is 9.59 Å². The van der Waals surface area contributed by atoms with Crippen LogP contribution in [-0.4, -0.2) is 34.9 Å². The lowest BCUT2D eigenvalue weighted by molar-refractivity contribution is -0.154. The Morgan fingerprint density at radius 2 is 1.78 bits per heavy atom. The molecule has 0 aliphatic heterocycles. The quantitative estimate of drug-likeness (QED) is 0.368. The normalized spacial score (nSPS) is 37.6. The number of carbonyl (C=O) groups is 2. The largest absolute Gasteiger partial charge is 0.462 e. The van der Waals surface area contributed by atoms with Crippen LogP contribution in [0.1, 0.15) is 122 Å². The standard InChI is InChI=1S/C31H48O5/c1-21(32)35-25-18-23(19-26(20-25)36-22(2)33)9-10-24-8-6-14-30(5)27(24)11-12-28(30)31(16-17-31)15-7-13-29(3,4)34/h9-10,25-28,34H,6-8,11-20H2,1-5H3/b24-10+/t25-,26-,27?,28+,30+/m1/s1/i3D3/t25-,26-,27?,28+,29?,30+. The zero-order valence-corrected chi connectivity index (χ0v) is 22.7. The summed E-state index contributed by atoms with van der Waals surface area (Å²) in [7, 11) is 0. The highest BCUT2D eigenvalue weighted by atomic mass is 16.6. The van der Waals surface area contributed by atoms with Crippen molar-refractivity contribution in [3.05, 3.63) is 23.3 Å². The second kappa shape index (κ2) is 10.6. The van der Waals surface area contributed by atoms with Crippen molar-refractivity contribution in [3.63, 3.8) is 0 Å². The molecule has 5 heteroatoms. The van der Waals surface area contributed by atoms with Crippen LogP contribution in [0.3, 0.4) is 0 Å². The monoisotopic (exact) mass is 503 g/mol. The van der Waals surface area contributed by atoms with Crippen LogP contribution in [0.2, 0.25) is 0 Å². The SMILES string of the molecule is [2H]C([2H])([2H])C(C)(O)CCCC1([C@H]2CCC3/C(=C/C=C4C[C@@H](OC(C)=O)C[C@H](OC(C)=O)C4)CCC[C@@]32C)CC1. The number of aliphatic hydroxyl groups is 1. The molecule has 4 fully saturated rings. The zero-order chi connectivity index (χ0) is 28.6. The molecule has 6 atom stereocenters. The van der Waals surface area contributed by atoms with E-state index in [9.17, 15) is 14.7 Å². The Labute approximate surface area is 222 Å². The van der Waals surface area contributed by atoms with Crippen LogP contribution in [0.4, 0.5) is 0 Å². The summed E-state index contributed by atoms with van der Waals surface area (Å²) in [5, 5.41) is 10.5. The molecule has 0 radical (unpaired) electrons. The second-order valence-electron chi connectivity index (χ2n) is 12.7. The van der Waals surface area contributed by atoms with Crippen LogP contribution < -0.4 is 0 Å². The molecule has 5 nitrogen and oxygen atoms in total. The first-order chi connectivity index (χ1) is 18.2. The van der Waals surface area contributed by atoms with Gasteiger partial charge in [-0.25, -0.2) is 0 Å². The molecule has 202 valence electrons. The third kappa shape index (κ3) is 6.44. The van der Waals surface area contributed by atoms with Crippen molar-refractivity contribution in [3.8, 4) is 0 Å². The second-order valence-corrected chi connectivity index (χ2v) is 12.7. The smallest absolute Gasteiger partial charge is 0.302 e. The van der Waals surface area contributed by atoms with Gasteiger partial charge in [0.1, 0.15) is 12.2 Å². The van der Waals surface area contributed by atoms with Crippen LogP contribution in [0.25, 0.3) is 0 Å². The molecule has 4 saturated carbocycles. The fraction of sp³-hybridized carbons (Fsp3) is 0.806. The van der Waals surface area contributed by atoms with E-state index in [2.05, 4.69) is 19.1 Å². The van der Waals surface area contributed by atoms with Gasteiger partial charge in [-0.05, 0) is 94.2 Å². The molecular formula is C31H48O5. The van der Waals surface area contributed by atoms with Crippen molar-refractivity contribution in [2.24, 2.45) is 22.7 Å². The van der Waals surface area contributed by atoms with Crippen molar-refractivity contribution in [1.82, 2.24) is 0 Å². The minimum absolute atomic E-state index is 0.249. The third-order valence-electron chi connectivity index (χ3n) is 9.64. The molecule has 0 aromatic rings. The number of ether oxygens (including phenoxy) is 2. The molecule has 4 rings (SSSR count). The molecule has 0 amide bonds. The number of fused-ring (bicyclic) bond motifs is 1. The van der Waals surface area contributed by atoms with Crippen LogP contribution in [0.15, 0.2) is 23.3 Å². The lowest BCUT2D eigenvalue weighted by Crippen LogP contribution is -2.37.